The summed E-state index contributed by atoms with van der Waals surface area (Å²) in [6.45, 7) is 9.51. The fourth-order valence-corrected chi connectivity index (χ4v) is 3.68. The molecule has 0 aromatic carbocycles. The van der Waals surface area contributed by atoms with Crippen LogP contribution in [0.15, 0.2) is 12.2 Å². The molecule has 0 saturated heterocycles. The first-order valence-electron chi connectivity index (χ1n) is 8.15. The summed E-state index contributed by atoms with van der Waals surface area (Å²) in [6.07, 6.45) is 6.67. The lowest BCUT2D eigenvalue weighted by Gasteiger charge is -2.28. The third-order valence-electron chi connectivity index (χ3n) is 4.68. The van der Waals surface area contributed by atoms with Crippen molar-refractivity contribution in [2.45, 2.75) is 58.4 Å². The molecule has 4 nitrogen and oxygen atoms in total. The number of aryl methyl sites for hydroxylation is 1. The first-order valence-corrected chi connectivity index (χ1v) is 8.15. The van der Waals surface area contributed by atoms with E-state index < -0.39 is 0 Å². The van der Waals surface area contributed by atoms with E-state index >= 15 is 0 Å². The molecule has 114 valence electrons. The number of amides is 1. The third kappa shape index (κ3) is 2.52. The van der Waals surface area contributed by atoms with Crippen LogP contribution in [0.4, 0.5) is 0 Å². The van der Waals surface area contributed by atoms with Crippen LogP contribution in [-0.2, 0) is 12.8 Å². The monoisotopic (exact) mass is 287 g/mol. The van der Waals surface area contributed by atoms with Crippen molar-refractivity contribution in [2.24, 2.45) is 0 Å². The van der Waals surface area contributed by atoms with Crippen LogP contribution in [-0.4, -0.2) is 33.7 Å². The molecule has 1 fully saturated rings. The maximum Gasteiger partial charge on any atom is 0.272 e. The van der Waals surface area contributed by atoms with Crippen LogP contribution in [0.25, 0.3) is 0 Å². The molecule has 0 N–H and O–H groups in total. The van der Waals surface area contributed by atoms with Gasteiger partial charge in [-0.05, 0) is 32.6 Å². The number of hydrogen-bond donors (Lipinski definition) is 0. The second-order valence-corrected chi connectivity index (χ2v) is 6.44. The molecule has 2 aliphatic rings. The van der Waals surface area contributed by atoms with Crippen molar-refractivity contribution in [1.82, 2.24) is 14.7 Å². The maximum absolute atomic E-state index is 12.9. The maximum atomic E-state index is 12.9. The first-order chi connectivity index (χ1) is 10.1. The highest BCUT2D eigenvalue weighted by Crippen LogP contribution is 2.33. The van der Waals surface area contributed by atoms with E-state index in [1.54, 1.807) is 0 Å². The number of carbonyl (C=O) groups excluding carboxylic acids is 1. The lowest BCUT2D eigenvalue weighted by Crippen LogP contribution is -2.40. The molecule has 1 aromatic heterocycles. The zero-order chi connectivity index (χ0) is 15.0. The molecular formula is C17H25N3O. The summed E-state index contributed by atoms with van der Waals surface area (Å²) in [4.78, 5) is 14.8. The number of aromatic nitrogens is 2. The van der Waals surface area contributed by atoms with Crippen molar-refractivity contribution < 1.29 is 4.79 Å². The van der Waals surface area contributed by atoms with Gasteiger partial charge in [-0.3, -0.25) is 9.48 Å². The Bertz CT molecular complexity index is 567. The first kappa shape index (κ1) is 14.4. The molecular weight excluding hydrogens is 262 g/mol. The van der Waals surface area contributed by atoms with E-state index in [9.17, 15) is 4.79 Å². The van der Waals surface area contributed by atoms with Crippen molar-refractivity contribution in [1.29, 1.82) is 0 Å². The van der Waals surface area contributed by atoms with Crippen LogP contribution in [0.2, 0.25) is 0 Å². The predicted octanol–water partition coefficient (Wildman–Crippen LogP) is 3.14. The quantitative estimate of drug-likeness (QED) is 0.798. The Hall–Kier alpha value is -1.58. The van der Waals surface area contributed by atoms with Crippen LogP contribution < -0.4 is 0 Å². The molecule has 4 heteroatoms. The molecule has 0 spiro atoms. The second-order valence-electron chi connectivity index (χ2n) is 6.44. The van der Waals surface area contributed by atoms with Gasteiger partial charge in [0.25, 0.3) is 5.91 Å². The van der Waals surface area contributed by atoms with Crippen LogP contribution in [0.3, 0.4) is 0 Å². The summed E-state index contributed by atoms with van der Waals surface area (Å²) >= 11 is 0. The minimum Gasteiger partial charge on any atom is -0.333 e. The summed E-state index contributed by atoms with van der Waals surface area (Å²) in [6, 6.07) is 0.424. The highest BCUT2D eigenvalue weighted by molar-refractivity contribution is 5.95. The van der Waals surface area contributed by atoms with Crippen molar-refractivity contribution in [3.8, 4) is 0 Å². The molecule has 21 heavy (non-hydrogen) atoms. The standard InChI is InChI=1S/C17H25N3O/c1-4-15-14-9-10-19(11-12(2)3)17(21)16(14)20(18-15)13-7-5-6-8-13/h13H,2,4-11H2,1,3H3. The number of fused-ring (bicyclic) bond motifs is 1. The van der Waals surface area contributed by atoms with E-state index in [-0.39, 0.29) is 5.91 Å². The normalized spacial score (nSPS) is 19.1. The molecule has 0 atom stereocenters. The molecule has 1 aliphatic heterocycles. The third-order valence-corrected chi connectivity index (χ3v) is 4.68. The van der Waals surface area contributed by atoms with Gasteiger partial charge < -0.3 is 4.90 Å². The minimum atomic E-state index is 0.151. The minimum absolute atomic E-state index is 0.151. The van der Waals surface area contributed by atoms with Crippen molar-refractivity contribution in [2.75, 3.05) is 13.1 Å². The summed E-state index contributed by atoms with van der Waals surface area (Å²) in [5.74, 6) is 0.151. The highest BCUT2D eigenvalue weighted by Gasteiger charge is 2.33. The Kier molecular flexibility index (Phi) is 3.87. The van der Waals surface area contributed by atoms with Gasteiger partial charge in [0.15, 0.2) is 0 Å². The largest absolute Gasteiger partial charge is 0.333 e. The Morgan fingerprint density at radius 1 is 1.38 bits per heavy atom. The second kappa shape index (κ2) is 5.66. The summed E-state index contributed by atoms with van der Waals surface area (Å²) in [5, 5.41) is 4.80. The summed E-state index contributed by atoms with van der Waals surface area (Å²) < 4.78 is 2.06. The number of rotatable bonds is 4. The van der Waals surface area contributed by atoms with Crippen LogP contribution in [0.1, 0.15) is 67.3 Å². The Morgan fingerprint density at radius 3 is 2.71 bits per heavy atom. The van der Waals surface area contributed by atoms with Crippen LogP contribution in [0.5, 0.6) is 0 Å². The van der Waals surface area contributed by atoms with Gasteiger partial charge in [0.2, 0.25) is 0 Å². The lowest BCUT2D eigenvalue weighted by atomic mass is 10.0. The number of carbonyl (C=O) groups is 1. The lowest BCUT2D eigenvalue weighted by molar-refractivity contribution is 0.0738. The molecule has 0 unspecified atom stereocenters. The fourth-order valence-electron chi connectivity index (χ4n) is 3.68. The Labute approximate surface area is 126 Å². The molecule has 1 aromatic rings. The topological polar surface area (TPSA) is 38.1 Å². The highest BCUT2D eigenvalue weighted by atomic mass is 16.2. The van der Waals surface area contributed by atoms with E-state index in [0.717, 1.165) is 49.2 Å². The van der Waals surface area contributed by atoms with Crippen molar-refractivity contribution in [3.05, 3.63) is 29.1 Å². The van der Waals surface area contributed by atoms with E-state index in [1.807, 2.05) is 11.8 Å². The van der Waals surface area contributed by atoms with Gasteiger partial charge in [0, 0.05) is 18.7 Å². The zero-order valence-corrected chi connectivity index (χ0v) is 13.2. The average molecular weight is 287 g/mol. The Balaban J connectivity index is 1.99. The van der Waals surface area contributed by atoms with Gasteiger partial charge in [-0.15, -0.1) is 0 Å². The van der Waals surface area contributed by atoms with Crippen LogP contribution in [0, 0.1) is 0 Å². The average Bonchev–Trinajstić information content (AvgIpc) is 3.08. The number of hydrogen-bond acceptors (Lipinski definition) is 2. The zero-order valence-electron chi connectivity index (χ0n) is 13.2. The van der Waals surface area contributed by atoms with Gasteiger partial charge in [-0.2, -0.15) is 5.10 Å². The van der Waals surface area contributed by atoms with E-state index in [0.29, 0.717) is 12.6 Å². The van der Waals surface area contributed by atoms with Gasteiger partial charge in [-0.1, -0.05) is 31.9 Å². The van der Waals surface area contributed by atoms with Crippen molar-refractivity contribution >= 4 is 5.91 Å². The number of nitrogens with zero attached hydrogens (tertiary/aromatic N) is 3. The van der Waals surface area contributed by atoms with Gasteiger partial charge in [0.05, 0.1) is 11.7 Å². The van der Waals surface area contributed by atoms with Crippen LogP contribution >= 0.6 is 0 Å². The van der Waals surface area contributed by atoms with Gasteiger partial charge >= 0.3 is 0 Å². The van der Waals surface area contributed by atoms with E-state index in [1.165, 1.54) is 18.4 Å². The molecule has 2 heterocycles. The predicted molar refractivity (Wildman–Crippen MR) is 83.5 cm³/mol. The van der Waals surface area contributed by atoms with Crippen molar-refractivity contribution in [3.63, 3.8) is 0 Å². The van der Waals surface area contributed by atoms with E-state index in [4.69, 9.17) is 5.10 Å². The summed E-state index contributed by atoms with van der Waals surface area (Å²) in [7, 11) is 0. The molecule has 0 radical (unpaired) electrons. The molecule has 1 saturated carbocycles. The summed E-state index contributed by atoms with van der Waals surface area (Å²) in [5.41, 5.74) is 4.23. The smallest absolute Gasteiger partial charge is 0.272 e. The molecule has 1 aliphatic carbocycles. The molecule has 1 amide bonds. The fraction of sp³-hybridized carbons (Fsp3) is 0.647. The SMILES string of the molecule is C=C(C)CN1CCc2c(CC)nn(C3CCCC3)c2C1=O. The Morgan fingerprint density at radius 2 is 2.10 bits per heavy atom. The van der Waals surface area contributed by atoms with Gasteiger partial charge in [-0.25, -0.2) is 0 Å². The molecule has 0 bridgehead atoms. The van der Waals surface area contributed by atoms with E-state index in [2.05, 4.69) is 18.2 Å². The molecule has 3 rings (SSSR count). The van der Waals surface area contributed by atoms with Gasteiger partial charge in [0.1, 0.15) is 5.69 Å².